The van der Waals surface area contributed by atoms with Crippen LogP contribution in [0.25, 0.3) is 0 Å². The Hall–Kier alpha value is -2.93. The van der Waals surface area contributed by atoms with E-state index in [2.05, 4.69) is 19.2 Å². The zero-order valence-corrected chi connectivity index (χ0v) is 17.6. The maximum atomic E-state index is 13.4. The predicted molar refractivity (Wildman–Crippen MR) is 115 cm³/mol. The molecule has 1 amide bonds. The van der Waals surface area contributed by atoms with Crippen LogP contribution in [0.3, 0.4) is 0 Å². The molecule has 0 aliphatic carbocycles. The number of nitrogens with zero attached hydrogens (tertiary/aromatic N) is 1. The molecule has 1 aliphatic rings. The Balaban J connectivity index is 1.82. The third-order valence-electron chi connectivity index (χ3n) is 5.42. The van der Waals surface area contributed by atoms with Gasteiger partial charge in [-0.25, -0.2) is 0 Å². The summed E-state index contributed by atoms with van der Waals surface area (Å²) in [6.45, 7) is 7.70. The summed E-state index contributed by atoms with van der Waals surface area (Å²) < 4.78 is 11.3. The second-order valence-electron chi connectivity index (χ2n) is 8.14. The molecular formula is C23H28N2O5. The van der Waals surface area contributed by atoms with Crippen molar-refractivity contribution in [1.29, 1.82) is 0 Å². The molecule has 0 atom stereocenters. The first kappa shape index (κ1) is 21.8. The van der Waals surface area contributed by atoms with Crippen molar-refractivity contribution in [2.75, 3.05) is 25.1 Å². The number of benzene rings is 2. The first-order chi connectivity index (χ1) is 14.3. The summed E-state index contributed by atoms with van der Waals surface area (Å²) in [5.41, 5.74) is 1.64. The van der Waals surface area contributed by atoms with Gasteiger partial charge in [0.1, 0.15) is 5.75 Å². The fourth-order valence-electron chi connectivity index (χ4n) is 3.67. The average molecular weight is 412 g/mol. The second kappa shape index (κ2) is 9.26. The molecule has 1 heterocycles. The molecule has 160 valence electrons. The molecule has 0 aromatic heterocycles. The zero-order valence-electron chi connectivity index (χ0n) is 17.6. The highest BCUT2D eigenvalue weighted by molar-refractivity contribution is 5.99. The largest absolute Gasteiger partial charge is 0.493 e. The zero-order chi connectivity index (χ0) is 21.7. The van der Waals surface area contributed by atoms with Gasteiger partial charge in [0, 0.05) is 31.0 Å². The highest BCUT2D eigenvalue weighted by atomic mass is 16.6. The van der Waals surface area contributed by atoms with E-state index in [0.29, 0.717) is 44.3 Å². The van der Waals surface area contributed by atoms with E-state index in [1.807, 2.05) is 25.1 Å². The van der Waals surface area contributed by atoms with E-state index in [0.717, 1.165) is 16.9 Å². The van der Waals surface area contributed by atoms with Crippen LogP contribution in [-0.4, -0.2) is 30.7 Å². The molecule has 0 unspecified atom stereocenters. The van der Waals surface area contributed by atoms with Crippen LogP contribution in [-0.2, 0) is 14.9 Å². The molecule has 0 saturated carbocycles. The molecule has 7 nitrogen and oxygen atoms in total. The number of carbonyl (C=O) groups excluding carboxylic acids is 1. The maximum absolute atomic E-state index is 13.4. The van der Waals surface area contributed by atoms with Gasteiger partial charge in [0.05, 0.1) is 16.9 Å². The summed E-state index contributed by atoms with van der Waals surface area (Å²) in [6.07, 6.45) is 1.04. The lowest BCUT2D eigenvalue weighted by atomic mass is 9.73. The summed E-state index contributed by atoms with van der Waals surface area (Å²) in [4.78, 5) is 23.9. The van der Waals surface area contributed by atoms with Crippen LogP contribution >= 0.6 is 0 Å². The highest BCUT2D eigenvalue weighted by Gasteiger charge is 2.42. The van der Waals surface area contributed by atoms with Crippen molar-refractivity contribution in [3.05, 3.63) is 63.7 Å². The van der Waals surface area contributed by atoms with Crippen LogP contribution in [0.5, 0.6) is 5.75 Å². The van der Waals surface area contributed by atoms with Gasteiger partial charge in [-0.2, -0.15) is 0 Å². The van der Waals surface area contributed by atoms with Crippen LogP contribution in [0.1, 0.15) is 37.8 Å². The minimum Gasteiger partial charge on any atom is -0.493 e. The Kier molecular flexibility index (Phi) is 6.72. The molecule has 0 spiro atoms. The monoisotopic (exact) mass is 412 g/mol. The van der Waals surface area contributed by atoms with E-state index in [-0.39, 0.29) is 11.6 Å². The number of nitrogens with one attached hydrogen (secondary N) is 1. The molecule has 1 saturated heterocycles. The van der Waals surface area contributed by atoms with Gasteiger partial charge in [-0.3, -0.25) is 14.9 Å². The first-order valence-corrected chi connectivity index (χ1v) is 10.2. The van der Waals surface area contributed by atoms with E-state index < -0.39 is 10.3 Å². The molecule has 3 rings (SSSR count). The molecule has 0 bridgehead atoms. The first-order valence-electron chi connectivity index (χ1n) is 10.2. The van der Waals surface area contributed by atoms with Crippen molar-refractivity contribution in [3.63, 3.8) is 0 Å². The van der Waals surface area contributed by atoms with Crippen LogP contribution in [0, 0.1) is 23.0 Å². The number of nitro groups is 1. The van der Waals surface area contributed by atoms with Crippen molar-refractivity contribution in [2.24, 2.45) is 5.92 Å². The lowest BCUT2D eigenvalue weighted by Crippen LogP contribution is -2.44. The molecule has 30 heavy (non-hydrogen) atoms. The number of aryl methyl sites for hydroxylation is 1. The Labute approximate surface area is 176 Å². The quantitative estimate of drug-likeness (QED) is 0.529. The molecule has 1 fully saturated rings. The molecule has 1 N–H and O–H groups in total. The third kappa shape index (κ3) is 4.79. The van der Waals surface area contributed by atoms with Gasteiger partial charge in [0.25, 0.3) is 5.69 Å². The van der Waals surface area contributed by atoms with Crippen LogP contribution in [0.15, 0.2) is 42.5 Å². The minimum atomic E-state index is -0.784. The number of hydrogen-bond donors (Lipinski definition) is 1. The smallest absolute Gasteiger partial charge is 0.269 e. The summed E-state index contributed by atoms with van der Waals surface area (Å²) >= 11 is 0. The van der Waals surface area contributed by atoms with Crippen LogP contribution in [0.2, 0.25) is 0 Å². The Morgan fingerprint density at radius 3 is 2.43 bits per heavy atom. The van der Waals surface area contributed by atoms with Gasteiger partial charge in [0.15, 0.2) is 0 Å². The average Bonchev–Trinajstić information content (AvgIpc) is 2.73. The number of carbonyl (C=O) groups is 1. The summed E-state index contributed by atoms with van der Waals surface area (Å²) in [5.74, 6) is 1.10. The van der Waals surface area contributed by atoms with Crippen LogP contribution < -0.4 is 10.1 Å². The summed E-state index contributed by atoms with van der Waals surface area (Å²) in [5, 5.41) is 14.0. The number of non-ortho nitro benzene ring substituents is 1. The van der Waals surface area contributed by atoms with Gasteiger partial charge in [-0.15, -0.1) is 0 Å². The van der Waals surface area contributed by atoms with Gasteiger partial charge < -0.3 is 14.8 Å². The number of amides is 1. The van der Waals surface area contributed by atoms with Gasteiger partial charge in [0.2, 0.25) is 5.91 Å². The van der Waals surface area contributed by atoms with E-state index in [9.17, 15) is 14.9 Å². The van der Waals surface area contributed by atoms with Gasteiger partial charge in [-0.1, -0.05) is 26.0 Å². The van der Waals surface area contributed by atoms with E-state index >= 15 is 0 Å². The third-order valence-corrected chi connectivity index (χ3v) is 5.42. The van der Waals surface area contributed by atoms with E-state index in [4.69, 9.17) is 9.47 Å². The lowest BCUT2D eigenvalue weighted by Gasteiger charge is -2.36. The van der Waals surface area contributed by atoms with Crippen molar-refractivity contribution < 1.29 is 19.2 Å². The number of ether oxygens (including phenoxy) is 2. The highest BCUT2D eigenvalue weighted by Crippen LogP contribution is 2.37. The van der Waals surface area contributed by atoms with E-state index in [1.165, 1.54) is 12.1 Å². The number of hydrogen-bond acceptors (Lipinski definition) is 5. The molecule has 1 aliphatic heterocycles. The Morgan fingerprint density at radius 1 is 1.20 bits per heavy atom. The standard InChI is InChI=1S/C23H28N2O5/c1-16(2)15-30-21-9-6-19(14-17(21)3)24-22(26)23(10-12-29-13-11-23)18-4-7-20(8-5-18)25(27)28/h4-9,14,16H,10-13,15H2,1-3H3,(H,24,26). The molecule has 2 aromatic carbocycles. The molecule has 2 aromatic rings. The van der Waals surface area contributed by atoms with Crippen molar-refractivity contribution in [2.45, 2.75) is 39.0 Å². The fourth-order valence-corrected chi connectivity index (χ4v) is 3.67. The summed E-state index contributed by atoms with van der Waals surface area (Å²) in [6, 6.07) is 11.9. The lowest BCUT2D eigenvalue weighted by molar-refractivity contribution is -0.384. The SMILES string of the molecule is Cc1cc(NC(=O)C2(c3ccc([N+](=O)[O-])cc3)CCOCC2)ccc1OCC(C)C. The maximum Gasteiger partial charge on any atom is 0.269 e. The molecule has 7 heteroatoms. The van der Waals surface area contributed by atoms with Gasteiger partial charge in [-0.05, 0) is 55.0 Å². The number of nitro benzene ring substituents is 1. The number of anilines is 1. The predicted octanol–water partition coefficient (Wildman–Crippen LogP) is 4.62. The van der Waals surface area contributed by atoms with E-state index in [1.54, 1.807) is 12.1 Å². The van der Waals surface area contributed by atoms with Crippen molar-refractivity contribution >= 4 is 17.3 Å². The fraction of sp³-hybridized carbons (Fsp3) is 0.435. The summed E-state index contributed by atoms with van der Waals surface area (Å²) in [7, 11) is 0. The van der Waals surface area contributed by atoms with Crippen molar-refractivity contribution in [3.8, 4) is 5.75 Å². The molecular weight excluding hydrogens is 384 g/mol. The topological polar surface area (TPSA) is 90.7 Å². The second-order valence-corrected chi connectivity index (χ2v) is 8.14. The van der Waals surface area contributed by atoms with Gasteiger partial charge >= 0.3 is 0 Å². The normalized spacial score (nSPS) is 15.6. The Bertz CT molecular complexity index is 902. The number of rotatable bonds is 7. The Morgan fingerprint density at radius 2 is 1.87 bits per heavy atom. The van der Waals surface area contributed by atoms with Crippen LogP contribution in [0.4, 0.5) is 11.4 Å². The molecule has 0 radical (unpaired) electrons. The van der Waals surface area contributed by atoms with Crippen molar-refractivity contribution in [1.82, 2.24) is 0 Å². The minimum absolute atomic E-state index is 0.00831.